The highest BCUT2D eigenvalue weighted by Gasteiger charge is 2.37. The smallest absolute Gasteiger partial charge is 0.335 e. The van der Waals surface area contributed by atoms with Gasteiger partial charge in [-0.1, -0.05) is 18.2 Å². The lowest BCUT2D eigenvalue weighted by molar-refractivity contribution is -0.122. The second-order valence-electron chi connectivity index (χ2n) is 6.87. The predicted octanol–water partition coefficient (Wildman–Crippen LogP) is 3.37. The van der Waals surface area contributed by atoms with Gasteiger partial charge in [-0.15, -0.1) is 0 Å². The van der Waals surface area contributed by atoms with Crippen molar-refractivity contribution in [1.82, 2.24) is 9.88 Å². The first-order chi connectivity index (χ1) is 14.9. The van der Waals surface area contributed by atoms with Gasteiger partial charge in [-0.3, -0.25) is 24.3 Å². The summed E-state index contributed by atoms with van der Waals surface area (Å²) in [4.78, 5) is 51.1. The molecule has 4 amide bonds. The van der Waals surface area contributed by atoms with Gasteiger partial charge in [-0.2, -0.15) is 0 Å². The molecule has 0 radical (unpaired) electrons. The average Bonchev–Trinajstić information content (AvgIpc) is 3.11. The molecule has 1 saturated heterocycles. The number of barbiturate groups is 1. The first-order valence-electron chi connectivity index (χ1n) is 9.66. The number of para-hydroxylation sites is 1. The van der Waals surface area contributed by atoms with Crippen molar-refractivity contribution >= 4 is 46.4 Å². The van der Waals surface area contributed by atoms with Crippen molar-refractivity contribution in [2.75, 3.05) is 11.5 Å². The van der Waals surface area contributed by atoms with Gasteiger partial charge in [-0.05, 0) is 49.4 Å². The molecular formula is C23H19N3O5. The van der Waals surface area contributed by atoms with Crippen LogP contribution in [0.25, 0.3) is 17.0 Å². The molecule has 0 unspecified atom stereocenters. The van der Waals surface area contributed by atoms with Crippen LogP contribution in [0.3, 0.4) is 0 Å². The van der Waals surface area contributed by atoms with Gasteiger partial charge < -0.3 is 4.74 Å². The van der Waals surface area contributed by atoms with Gasteiger partial charge in [0.05, 0.1) is 23.5 Å². The molecule has 3 aromatic rings. The van der Waals surface area contributed by atoms with Crippen LogP contribution in [0.2, 0.25) is 0 Å². The van der Waals surface area contributed by atoms with Gasteiger partial charge in [0.25, 0.3) is 11.8 Å². The van der Waals surface area contributed by atoms with Crippen molar-refractivity contribution in [3.05, 3.63) is 65.9 Å². The summed E-state index contributed by atoms with van der Waals surface area (Å²) in [6.45, 7) is 3.72. The largest absolute Gasteiger partial charge is 0.494 e. The number of aromatic nitrogens is 1. The Balaban J connectivity index is 1.77. The van der Waals surface area contributed by atoms with Crippen molar-refractivity contribution in [2.45, 2.75) is 13.8 Å². The van der Waals surface area contributed by atoms with E-state index in [1.54, 1.807) is 42.5 Å². The fourth-order valence-electron chi connectivity index (χ4n) is 3.53. The number of hydrogen-bond donors (Lipinski definition) is 1. The summed E-state index contributed by atoms with van der Waals surface area (Å²) >= 11 is 0. The Morgan fingerprint density at radius 2 is 1.77 bits per heavy atom. The Morgan fingerprint density at radius 1 is 1.06 bits per heavy atom. The number of hydrogen-bond acceptors (Lipinski definition) is 5. The van der Waals surface area contributed by atoms with Gasteiger partial charge in [-0.25, -0.2) is 9.69 Å². The fourth-order valence-corrected chi connectivity index (χ4v) is 3.53. The van der Waals surface area contributed by atoms with Crippen molar-refractivity contribution in [3.8, 4) is 5.75 Å². The van der Waals surface area contributed by atoms with Gasteiger partial charge in [0, 0.05) is 12.3 Å². The van der Waals surface area contributed by atoms with Crippen LogP contribution in [-0.4, -0.2) is 34.9 Å². The zero-order valence-electron chi connectivity index (χ0n) is 16.9. The number of rotatable bonds is 4. The number of fused-ring (bicyclic) bond motifs is 1. The number of ether oxygens (including phenoxy) is 1. The van der Waals surface area contributed by atoms with E-state index in [0.717, 1.165) is 10.3 Å². The van der Waals surface area contributed by atoms with Crippen LogP contribution in [0.4, 0.5) is 10.5 Å². The Hall–Kier alpha value is -4.20. The normalized spacial score (nSPS) is 15.5. The number of carbonyl (C=O) groups excluding carboxylic acids is 4. The number of benzene rings is 2. The minimum atomic E-state index is -0.844. The predicted molar refractivity (Wildman–Crippen MR) is 115 cm³/mol. The van der Waals surface area contributed by atoms with E-state index in [1.165, 1.54) is 17.6 Å². The maximum atomic E-state index is 13.1. The lowest BCUT2D eigenvalue weighted by atomic mass is 10.1. The fraction of sp³-hybridized carbons (Fsp3) is 0.130. The van der Waals surface area contributed by atoms with E-state index in [1.807, 2.05) is 19.1 Å². The number of nitrogens with zero attached hydrogens (tertiary/aromatic N) is 2. The zero-order valence-corrected chi connectivity index (χ0v) is 16.9. The Bertz CT molecular complexity index is 1250. The molecule has 8 nitrogen and oxygen atoms in total. The molecule has 8 heteroatoms. The molecule has 0 saturated carbocycles. The van der Waals surface area contributed by atoms with Crippen molar-refractivity contribution in [3.63, 3.8) is 0 Å². The van der Waals surface area contributed by atoms with Crippen LogP contribution < -0.4 is 15.0 Å². The number of amides is 4. The molecule has 1 aliphatic rings. The Morgan fingerprint density at radius 3 is 2.45 bits per heavy atom. The summed E-state index contributed by atoms with van der Waals surface area (Å²) in [5, 5.41) is 2.97. The maximum Gasteiger partial charge on any atom is 0.335 e. The number of nitrogens with one attached hydrogen (secondary N) is 1. The van der Waals surface area contributed by atoms with Crippen LogP contribution >= 0.6 is 0 Å². The SMILES string of the molecule is CCOc1ccc(N2C(=O)NC(=O)/C(=C\c3cc4ccccc4n3C(C)=O)C2=O)cc1. The van der Waals surface area contributed by atoms with Gasteiger partial charge in [0.2, 0.25) is 5.91 Å². The van der Waals surface area contributed by atoms with Gasteiger partial charge in [0.15, 0.2) is 0 Å². The summed E-state index contributed by atoms with van der Waals surface area (Å²) in [5.74, 6) is -1.28. The highest BCUT2D eigenvalue weighted by Crippen LogP contribution is 2.26. The molecule has 1 aliphatic heterocycles. The maximum absolute atomic E-state index is 13.1. The minimum Gasteiger partial charge on any atom is -0.494 e. The van der Waals surface area contributed by atoms with Crippen LogP contribution in [0.5, 0.6) is 5.75 Å². The molecule has 2 heterocycles. The molecule has 1 aromatic heterocycles. The molecule has 0 spiro atoms. The van der Waals surface area contributed by atoms with Crippen LogP contribution in [-0.2, 0) is 9.59 Å². The summed E-state index contributed by atoms with van der Waals surface area (Å²) in [7, 11) is 0. The number of urea groups is 1. The highest BCUT2D eigenvalue weighted by molar-refractivity contribution is 6.39. The molecule has 1 N–H and O–H groups in total. The van der Waals surface area contributed by atoms with Crippen LogP contribution in [0, 0.1) is 0 Å². The monoisotopic (exact) mass is 417 g/mol. The first-order valence-corrected chi connectivity index (χ1v) is 9.66. The third kappa shape index (κ3) is 3.59. The molecule has 0 bridgehead atoms. The van der Waals surface area contributed by atoms with Crippen LogP contribution in [0.1, 0.15) is 24.3 Å². The average molecular weight is 417 g/mol. The summed E-state index contributed by atoms with van der Waals surface area (Å²) < 4.78 is 6.80. The van der Waals surface area contributed by atoms with E-state index < -0.39 is 17.8 Å². The number of anilines is 1. The minimum absolute atomic E-state index is 0.251. The van der Waals surface area contributed by atoms with E-state index >= 15 is 0 Å². The topological polar surface area (TPSA) is 97.7 Å². The molecule has 31 heavy (non-hydrogen) atoms. The first kappa shape index (κ1) is 20.1. The molecule has 4 rings (SSSR count). The van der Waals surface area contributed by atoms with Crippen molar-refractivity contribution in [1.29, 1.82) is 0 Å². The Labute approximate surface area is 177 Å². The highest BCUT2D eigenvalue weighted by atomic mass is 16.5. The van der Waals surface area contributed by atoms with Crippen LogP contribution in [0.15, 0.2) is 60.2 Å². The molecule has 0 aliphatic carbocycles. The molecule has 1 fully saturated rings. The van der Waals surface area contributed by atoms with Gasteiger partial charge >= 0.3 is 6.03 Å². The third-order valence-corrected chi connectivity index (χ3v) is 4.85. The van der Waals surface area contributed by atoms with E-state index in [9.17, 15) is 19.2 Å². The van der Waals surface area contributed by atoms with Crippen molar-refractivity contribution < 1.29 is 23.9 Å². The standard InChI is InChI=1S/C23H19N3O5/c1-3-31-18-10-8-16(9-11-18)26-22(29)19(21(28)24-23(26)30)13-17-12-15-6-4-5-7-20(15)25(17)14(2)27/h4-13H,3H2,1-2H3,(H,24,28,30)/b19-13+. The quantitative estimate of drug-likeness (QED) is 0.519. The number of carbonyl (C=O) groups is 4. The summed E-state index contributed by atoms with van der Waals surface area (Å²) in [6.07, 6.45) is 1.33. The third-order valence-electron chi connectivity index (χ3n) is 4.85. The second-order valence-corrected chi connectivity index (χ2v) is 6.87. The Kier molecular flexibility index (Phi) is 5.12. The lowest BCUT2D eigenvalue weighted by Gasteiger charge is -2.26. The van der Waals surface area contributed by atoms with Gasteiger partial charge in [0.1, 0.15) is 11.3 Å². The molecular weight excluding hydrogens is 398 g/mol. The van der Waals surface area contributed by atoms with E-state index in [2.05, 4.69) is 5.32 Å². The summed E-state index contributed by atoms with van der Waals surface area (Å²) in [5.41, 5.74) is 1.06. The lowest BCUT2D eigenvalue weighted by Crippen LogP contribution is -2.54. The summed E-state index contributed by atoms with van der Waals surface area (Å²) in [6, 6.07) is 14.5. The molecule has 0 atom stereocenters. The molecule has 2 aromatic carbocycles. The zero-order chi connectivity index (χ0) is 22.1. The van der Waals surface area contributed by atoms with Crippen molar-refractivity contribution in [2.24, 2.45) is 0 Å². The number of imide groups is 2. The van der Waals surface area contributed by atoms with E-state index in [0.29, 0.717) is 23.6 Å². The second kappa shape index (κ2) is 7.91. The van der Waals surface area contributed by atoms with E-state index in [4.69, 9.17) is 4.74 Å². The molecule has 156 valence electrons. The van der Waals surface area contributed by atoms with E-state index in [-0.39, 0.29) is 17.2 Å².